The lowest BCUT2D eigenvalue weighted by Crippen LogP contribution is -1.92. The van der Waals surface area contributed by atoms with E-state index >= 15 is 0 Å². The molecule has 2 aromatic rings. The first kappa shape index (κ1) is 16.3. The number of rotatable bonds is 6. The predicted molar refractivity (Wildman–Crippen MR) is 85.5 cm³/mol. The van der Waals surface area contributed by atoms with E-state index in [9.17, 15) is 8.78 Å². The molecule has 116 valence electrons. The maximum atomic E-state index is 13.9. The first-order chi connectivity index (χ1) is 10.7. The molecule has 0 aliphatic rings. The lowest BCUT2D eigenvalue weighted by Gasteiger charge is -2.04. The van der Waals surface area contributed by atoms with Crippen LogP contribution in [0.15, 0.2) is 42.5 Å². The summed E-state index contributed by atoms with van der Waals surface area (Å²) in [4.78, 5) is 8.63. The highest BCUT2D eigenvalue weighted by atomic mass is 19.2. The quantitative estimate of drug-likeness (QED) is 0.703. The highest BCUT2D eigenvalue weighted by molar-refractivity contribution is 5.65. The highest BCUT2D eigenvalue weighted by Gasteiger charge is 2.09. The van der Waals surface area contributed by atoms with Crippen LogP contribution in [0, 0.1) is 0 Å². The first-order valence-corrected chi connectivity index (χ1v) is 7.61. The van der Waals surface area contributed by atoms with Crippen molar-refractivity contribution in [3.63, 3.8) is 0 Å². The van der Waals surface area contributed by atoms with Crippen molar-refractivity contribution in [3.8, 4) is 11.4 Å². The Bertz CT molecular complexity index is 631. The summed E-state index contributed by atoms with van der Waals surface area (Å²) >= 11 is 0. The number of benzene rings is 1. The van der Waals surface area contributed by atoms with E-state index in [-0.39, 0.29) is 12.0 Å². The molecule has 0 spiro atoms. The van der Waals surface area contributed by atoms with Crippen LogP contribution in [0.25, 0.3) is 17.2 Å². The van der Waals surface area contributed by atoms with Crippen LogP contribution >= 0.6 is 0 Å². The zero-order valence-electron chi connectivity index (χ0n) is 12.9. The van der Waals surface area contributed by atoms with E-state index in [1.54, 1.807) is 36.7 Å². The smallest absolute Gasteiger partial charge is 0.161 e. The molecule has 0 aliphatic heterocycles. The van der Waals surface area contributed by atoms with E-state index in [4.69, 9.17) is 0 Å². The molecule has 2 rings (SSSR count). The monoisotopic (exact) mass is 302 g/mol. The minimum atomic E-state index is -0.785. The molecule has 0 saturated carbocycles. The van der Waals surface area contributed by atoms with Crippen LogP contribution in [0.3, 0.4) is 0 Å². The molecule has 4 heteroatoms. The van der Waals surface area contributed by atoms with Crippen molar-refractivity contribution in [2.45, 2.75) is 39.5 Å². The Morgan fingerprint density at radius 2 is 1.59 bits per heavy atom. The minimum absolute atomic E-state index is 0.121. The highest BCUT2D eigenvalue weighted by Crippen LogP contribution is 2.26. The van der Waals surface area contributed by atoms with E-state index in [2.05, 4.69) is 16.9 Å². The molecule has 1 heterocycles. The molecule has 0 N–H and O–H groups in total. The number of hydrogen-bond donors (Lipinski definition) is 0. The topological polar surface area (TPSA) is 25.8 Å². The van der Waals surface area contributed by atoms with Crippen LogP contribution in [0.5, 0.6) is 0 Å². The molecule has 0 fully saturated rings. The molecular formula is C18H20F2N2. The fourth-order valence-corrected chi connectivity index (χ4v) is 2.17. The third-order valence-corrected chi connectivity index (χ3v) is 3.35. The van der Waals surface area contributed by atoms with Gasteiger partial charge in [0.2, 0.25) is 0 Å². The molecule has 0 aliphatic carbocycles. The fourth-order valence-electron chi connectivity index (χ4n) is 2.17. The lowest BCUT2D eigenvalue weighted by molar-refractivity contribution is 0.559. The van der Waals surface area contributed by atoms with Gasteiger partial charge in [-0.05, 0) is 18.4 Å². The average molecular weight is 302 g/mol. The van der Waals surface area contributed by atoms with Gasteiger partial charge in [-0.15, -0.1) is 0 Å². The molecule has 0 unspecified atom stereocenters. The van der Waals surface area contributed by atoms with Crippen LogP contribution in [0.2, 0.25) is 0 Å². The molecule has 22 heavy (non-hydrogen) atoms. The Kier molecular flexibility index (Phi) is 5.75. The Labute approximate surface area is 129 Å². The van der Waals surface area contributed by atoms with Gasteiger partial charge in [0.1, 0.15) is 5.83 Å². The molecular weight excluding hydrogens is 282 g/mol. The SMILES string of the molecule is CCC/C(F)=C(/F)c1ccc(-c2ncc(CCC)cn2)cc1. The van der Waals surface area contributed by atoms with Crippen molar-refractivity contribution in [2.75, 3.05) is 0 Å². The summed E-state index contributed by atoms with van der Waals surface area (Å²) in [5.41, 5.74) is 2.13. The summed E-state index contributed by atoms with van der Waals surface area (Å²) in [6.45, 7) is 3.92. The zero-order chi connectivity index (χ0) is 15.9. The van der Waals surface area contributed by atoms with Crippen molar-refractivity contribution in [1.29, 1.82) is 0 Å². The van der Waals surface area contributed by atoms with Gasteiger partial charge in [-0.3, -0.25) is 0 Å². The van der Waals surface area contributed by atoms with Gasteiger partial charge in [0, 0.05) is 29.9 Å². The summed E-state index contributed by atoms with van der Waals surface area (Å²) in [7, 11) is 0. The number of hydrogen-bond acceptors (Lipinski definition) is 2. The van der Waals surface area contributed by atoms with Crippen LogP contribution in [0.1, 0.15) is 44.2 Å². The fraction of sp³-hybridized carbons (Fsp3) is 0.333. The van der Waals surface area contributed by atoms with E-state index in [0.29, 0.717) is 12.2 Å². The number of nitrogens with zero attached hydrogens (tertiary/aromatic N) is 2. The lowest BCUT2D eigenvalue weighted by atomic mass is 10.1. The third-order valence-electron chi connectivity index (χ3n) is 3.35. The second-order valence-electron chi connectivity index (χ2n) is 5.21. The predicted octanol–water partition coefficient (Wildman–Crippen LogP) is 5.50. The van der Waals surface area contributed by atoms with Crippen molar-refractivity contribution in [3.05, 3.63) is 53.6 Å². The molecule has 0 bridgehead atoms. The molecule has 0 saturated heterocycles. The molecule has 0 amide bonds. The second kappa shape index (κ2) is 7.78. The minimum Gasteiger partial charge on any atom is -0.236 e. The normalized spacial score (nSPS) is 12.2. The van der Waals surface area contributed by atoms with Crippen molar-refractivity contribution >= 4 is 5.83 Å². The largest absolute Gasteiger partial charge is 0.236 e. The Hall–Kier alpha value is -2.10. The number of halogens is 2. The molecule has 2 nitrogen and oxygen atoms in total. The summed E-state index contributed by atoms with van der Waals surface area (Å²) in [6.07, 6.45) is 6.31. The van der Waals surface area contributed by atoms with Crippen molar-refractivity contribution in [1.82, 2.24) is 9.97 Å². The third kappa shape index (κ3) is 3.97. The van der Waals surface area contributed by atoms with Gasteiger partial charge >= 0.3 is 0 Å². The van der Waals surface area contributed by atoms with E-state index in [1.165, 1.54) is 0 Å². The molecule has 0 radical (unpaired) electrons. The second-order valence-corrected chi connectivity index (χ2v) is 5.21. The summed E-state index contributed by atoms with van der Waals surface area (Å²) in [5.74, 6) is -0.896. The van der Waals surface area contributed by atoms with Gasteiger partial charge in [0.15, 0.2) is 11.7 Å². The van der Waals surface area contributed by atoms with E-state index in [1.807, 2.05) is 6.92 Å². The zero-order valence-corrected chi connectivity index (χ0v) is 12.9. The standard InChI is InChI=1S/C18H20F2N2/c1-3-5-13-11-21-18(22-12-13)15-9-7-14(8-10-15)17(20)16(19)6-4-2/h7-12H,3-6H2,1-2H3/b17-16-. The van der Waals surface area contributed by atoms with Gasteiger partial charge in [-0.2, -0.15) is 0 Å². The van der Waals surface area contributed by atoms with Gasteiger partial charge in [-0.25, -0.2) is 18.7 Å². The van der Waals surface area contributed by atoms with Gasteiger partial charge in [0.05, 0.1) is 0 Å². The van der Waals surface area contributed by atoms with Crippen LogP contribution in [0.4, 0.5) is 8.78 Å². The van der Waals surface area contributed by atoms with Crippen molar-refractivity contribution in [2.24, 2.45) is 0 Å². The first-order valence-electron chi connectivity index (χ1n) is 7.61. The van der Waals surface area contributed by atoms with Gasteiger partial charge in [-0.1, -0.05) is 44.5 Å². The van der Waals surface area contributed by atoms with E-state index in [0.717, 1.165) is 24.0 Å². The van der Waals surface area contributed by atoms with Crippen molar-refractivity contribution < 1.29 is 8.78 Å². The summed E-state index contributed by atoms with van der Waals surface area (Å²) < 4.78 is 27.4. The van der Waals surface area contributed by atoms with Crippen LogP contribution < -0.4 is 0 Å². The Balaban J connectivity index is 2.19. The maximum Gasteiger partial charge on any atom is 0.161 e. The molecule has 1 aromatic heterocycles. The van der Waals surface area contributed by atoms with Crippen LogP contribution in [-0.2, 0) is 6.42 Å². The Morgan fingerprint density at radius 1 is 0.955 bits per heavy atom. The average Bonchev–Trinajstić information content (AvgIpc) is 2.55. The van der Waals surface area contributed by atoms with E-state index < -0.39 is 11.7 Å². The number of aromatic nitrogens is 2. The molecule has 0 atom stereocenters. The van der Waals surface area contributed by atoms with Gasteiger partial charge in [0.25, 0.3) is 0 Å². The maximum absolute atomic E-state index is 13.9. The number of allylic oxidation sites excluding steroid dienone is 1. The summed E-state index contributed by atoms with van der Waals surface area (Å²) in [5, 5.41) is 0. The Morgan fingerprint density at radius 3 is 2.14 bits per heavy atom. The van der Waals surface area contributed by atoms with Gasteiger partial charge < -0.3 is 0 Å². The number of aryl methyl sites for hydroxylation is 1. The van der Waals surface area contributed by atoms with Crippen LogP contribution in [-0.4, -0.2) is 9.97 Å². The molecule has 1 aromatic carbocycles. The summed E-state index contributed by atoms with van der Waals surface area (Å²) in [6, 6.07) is 6.54.